The summed E-state index contributed by atoms with van der Waals surface area (Å²) >= 11 is 1.85. The Morgan fingerprint density at radius 1 is 0.596 bits per heavy atom. The lowest BCUT2D eigenvalue weighted by Gasteiger charge is -2.37. The fourth-order valence-corrected chi connectivity index (χ4v) is 11.5. The van der Waals surface area contributed by atoms with Gasteiger partial charge in [-0.2, -0.15) is 0 Å². The highest BCUT2D eigenvalue weighted by atomic mass is 32.1. The predicted molar refractivity (Wildman–Crippen MR) is 219 cm³/mol. The second kappa shape index (κ2) is 11.3. The molecule has 52 heavy (non-hydrogen) atoms. The Balaban J connectivity index is 1.02. The van der Waals surface area contributed by atoms with Crippen molar-refractivity contribution in [3.63, 3.8) is 0 Å². The summed E-state index contributed by atoms with van der Waals surface area (Å²) in [7, 11) is 0. The molecule has 11 rings (SSSR count). The Hall–Kier alpha value is -4.86. The zero-order valence-corrected chi connectivity index (χ0v) is 30.9. The largest absolute Gasteiger partial charge is 0.226 e. The van der Waals surface area contributed by atoms with Crippen molar-refractivity contribution in [2.24, 2.45) is 0 Å². The Morgan fingerprint density at radius 2 is 1.33 bits per heavy atom. The fourth-order valence-electron chi connectivity index (χ4n) is 10.3. The van der Waals surface area contributed by atoms with Crippen molar-refractivity contribution in [2.75, 3.05) is 0 Å². The number of benzene rings is 4. The number of aromatic nitrogens is 2. The molecule has 5 aliphatic carbocycles. The van der Waals surface area contributed by atoms with Gasteiger partial charge in [-0.05, 0) is 106 Å². The molecule has 0 amide bonds. The maximum Gasteiger partial charge on any atom is 0.160 e. The minimum Gasteiger partial charge on any atom is -0.226 e. The summed E-state index contributed by atoms with van der Waals surface area (Å²) in [6, 6.07) is 30.9. The number of hydrogen-bond donors (Lipinski definition) is 0. The number of rotatable bonds is 3. The normalized spacial score (nSPS) is 18.5. The van der Waals surface area contributed by atoms with E-state index in [1.54, 1.807) is 11.1 Å². The molecule has 2 aromatic heterocycles. The predicted octanol–water partition coefficient (Wildman–Crippen LogP) is 11.7. The van der Waals surface area contributed by atoms with Crippen LogP contribution in [0.15, 0.2) is 97.1 Å². The molecule has 3 heteroatoms. The molecular formula is C49H42N2S. The van der Waals surface area contributed by atoms with Gasteiger partial charge in [0.1, 0.15) is 0 Å². The second-order valence-corrected chi connectivity index (χ2v) is 17.2. The molecule has 0 radical (unpaired) electrons. The molecule has 0 bridgehead atoms. The summed E-state index contributed by atoms with van der Waals surface area (Å²) in [5.41, 5.74) is 19.0. The molecule has 5 aliphatic rings. The maximum atomic E-state index is 5.27. The number of fused-ring (bicyclic) bond motifs is 11. The van der Waals surface area contributed by atoms with E-state index in [1.807, 2.05) is 11.3 Å². The first kappa shape index (κ1) is 30.7. The van der Waals surface area contributed by atoms with Crippen LogP contribution in [0.5, 0.6) is 0 Å². The van der Waals surface area contributed by atoms with Crippen LogP contribution in [0.25, 0.3) is 72.6 Å². The van der Waals surface area contributed by atoms with Gasteiger partial charge in [-0.25, -0.2) is 9.97 Å². The third kappa shape index (κ3) is 4.35. The molecule has 1 fully saturated rings. The third-order valence-corrected chi connectivity index (χ3v) is 14.2. The first-order chi connectivity index (χ1) is 25.5. The van der Waals surface area contributed by atoms with Crippen LogP contribution in [0.2, 0.25) is 0 Å². The lowest BCUT2D eigenvalue weighted by Crippen LogP contribution is -2.28. The van der Waals surface area contributed by atoms with E-state index in [0.717, 1.165) is 53.9 Å². The van der Waals surface area contributed by atoms with Crippen LogP contribution >= 0.6 is 11.3 Å². The Bertz CT molecular complexity index is 2680. The van der Waals surface area contributed by atoms with Crippen LogP contribution in [0.3, 0.4) is 0 Å². The summed E-state index contributed by atoms with van der Waals surface area (Å²) in [5, 5.41) is 1.29. The van der Waals surface area contributed by atoms with Gasteiger partial charge < -0.3 is 0 Å². The molecule has 6 aromatic rings. The van der Waals surface area contributed by atoms with E-state index in [9.17, 15) is 0 Å². The first-order valence-electron chi connectivity index (χ1n) is 19.4. The minimum absolute atomic E-state index is 0.0114. The van der Waals surface area contributed by atoms with Gasteiger partial charge in [-0.3, -0.25) is 0 Å². The van der Waals surface area contributed by atoms with Crippen LogP contribution in [0.4, 0.5) is 0 Å². The molecular weight excluding hydrogens is 649 g/mol. The molecule has 2 nitrogen and oxygen atoms in total. The van der Waals surface area contributed by atoms with Crippen molar-refractivity contribution in [3.05, 3.63) is 135 Å². The van der Waals surface area contributed by atoms with E-state index in [4.69, 9.17) is 9.97 Å². The van der Waals surface area contributed by atoms with Crippen molar-refractivity contribution in [2.45, 2.75) is 82.5 Å². The van der Waals surface area contributed by atoms with Crippen molar-refractivity contribution < 1.29 is 0 Å². The summed E-state index contributed by atoms with van der Waals surface area (Å²) < 4.78 is 2.54. The van der Waals surface area contributed by atoms with Crippen molar-refractivity contribution >= 4 is 39.3 Å². The van der Waals surface area contributed by atoms with Gasteiger partial charge in [0.25, 0.3) is 0 Å². The monoisotopic (exact) mass is 690 g/mol. The molecule has 254 valence electrons. The van der Waals surface area contributed by atoms with Gasteiger partial charge in [0, 0.05) is 31.7 Å². The second-order valence-electron chi connectivity index (χ2n) is 16.2. The molecule has 1 saturated carbocycles. The van der Waals surface area contributed by atoms with Crippen LogP contribution in [0.1, 0.15) is 99.7 Å². The standard InChI is InChI=1S/C49H42N2S/c1-48(2)39-17-9-7-15-34(39)37-28-38-35-24-23-33(27-41(35)49(25-11-4-12-26-49)42(38)29-40(37)48)30-19-21-31(22-20-30)44-46-45(36-16-8-10-18-43(36)52-46)51-47(50-44)32-13-5-3-6-14-32/h5,7,9,13-24,27-29H,3-4,6,8,10-12,25-26H2,1-2H3. The number of thiophene rings is 1. The fraction of sp³-hybridized carbons (Fsp3) is 0.265. The third-order valence-electron chi connectivity index (χ3n) is 13.0. The van der Waals surface area contributed by atoms with Gasteiger partial charge in [0.15, 0.2) is 5.82 Å². The topological polar surface area (TPSA) is 25.8 Å². The number of nitrogens with zero attached hydrogens (tertiary/aromatic N) is 2. The van der Waals surface area contributed by atoms with Gasteiger partial charge in [0.05, 0.1) is 15.9 Å². The van der Waals surface area contributed by atoms with E-state index >= 15 is 0 Å². The highest BCUT2D eigenvalue weighted by Crippen LogP contribution is 2.60. The Kier molecular flexibility index (Phi) is 6.69. The smallest absolute Gasteiger partial charge is 0.160 e. The maximum absolute atomic E-state index is 5.27. The first-order valence-corrected chi connectivity index (χ1v) is 20.2. The Labute approximate surface area is 310 Å². The number of allylic oxidation sites excluding steroid dienone is 4. The summed E-state index contributed by atoms with van der Waals surface area (Å²) in [5.74, 6) is 0.843. The van der Waals surface area contributed by atoms with Crippen molar-refractivity contribution in [1.82, 2.24) is 9.97 Å². The van der Waals surface area contributed by atoms with Crippen LogP contribution in [-0.2, 0) is 10.8 Å². The van der Waals surface area contributed by atoms with Gasteiger partial charge in [-0.15, -0.1) is 11.3 Å². The SMILES string of the molecule is CC1(C)c2ccccc2-c2cc3c(cc21)C1(CCCCC1)c1cc(-c2ccc(-c4nc(C5=CCCC=C5)nc5c6c(sc45)=CCCC=6)cc2)ccc1-3. The molecule has 0 N–H and O–H groups in total. The average Bonchev–Trinajstić information content (AvgIpc) is 3.78. The minimum atomic E-state index is 0.0114. The van der Waals surface area contributed by atoms with E-state index in [-0.39, 0.29) is 10.8 Å². The molecule has 2 heterocycles. The molecule has 1 spiro atoms. The molecule has 0 aliphatic heterocycles. The average molecular weight is 691 g/mol. The molecule has 4 aromatic carbocycles. The Morgan fingerprint density at radius 3 is 2.17 bits per heavy atom. The van der Waals surface area contributed by atoms with Gasteiger partial charge in [-0.1, -0.05) is 130 Å². The number of hydrogen-bond acceptors (Lipinski definition) is 3. The molecule has 0 unspecified atom stereocenters. The summed E-state index contributed by atoms with van der Waals surface area (Å²) in [4.78, 5) is 10.5. The molecule has 0 atom stereocenters. The van der Waals surface area contributed by atoms with E-state index in [0.29, 0.717) is 0 Å². The quantitative estimate of drug-likeness (QED) is 0.185. The van der Waals surface area contributed by atoms with Crippen molar-refractivity contribution in [1.29, 1.82) is 0 Å². The zero-order valence-electron chi connectivity index (χ0n) is 30.1. The van der Waals surface area contributed by atoms with Crippen LogP contribution < -0.4 is 9.75 Å². The highest BCUT2D eigenvalue weighted by molar-refractivity contribution is 7.17. The van der Waals surface area contributed by atoms with E-state index in [1.165, 1.54) is 91.1 Å². The van der Waals surface area contributed by atoms with E-state index < -0.39 is 0 Å². The van der Waals surface area contributed by atoms with Crippen LogP contribution in [0, 0.1) is 0 Å². The summed E-state index contributed by atoms with van der Waals surface area (Å²) in [6.07, 6.45) is 22.2. The highest BCUT2D eigenvalue weighted by Gasteiger charge is 2.46. The molecule has 0 saturated heterocycles. The van der Waals surface area contributed by atoms with Crippen LogP contribution in [-0.4, -0.2) is 9.97 Å². The van der Waals surface area contributed by atoms with Gasteiger partial charge >= 0.3 is 0 Å². The zero-order chi connectivity index (χ0) is 34.6. The lowest BCUT2D eigenvalue weighted by atomic mass is 9.67. The van der Waals surface area contributed by atoms with Crippen molar-refractivity contribution in [3.8, 4) is 44.6 Å². The van der Waals surface area contributed by atoms with Gasteiger partial charge in [0.2, 0.25) is 0 Å². The summed E-state index contributed by atoms with van der Waals surface area (Å²) in [6.45, 7) is 4.84. The lowest BCUT2D eigenvalue weighted by molar-refractivity contribution is 0.352. The van der Waals surface area contributed by atoms with E-state index in [2.05, 4.69) is 123 Å².